The van der Waals surface area contributed by atoms with Crippen LogP contribution in [-0.4, -0.2) is 19.7 Å². The maximum Gasteiger partial charge on any atom is 0.122 e. The SMILES string of the molecule is CC(NC(C)c1ncc[nH]1)c1cnn(-c2ccccc2)c1. The van der Waals surface area contributed by atoms with Gasteiger partial charge in [0.25, 0.3) is 0 Å². The molecule has 1 aromatic carbocycles. The fourth-order valence-electron chi connectivity index (χ4n) is 2.35. The van der Waals surface area contributed by atoms with Crippen molar-refractivity contribution >= 4 is 0 Å². The number of hydrogen-bond donors (Lipinski definition) is 2. The van der Waals surface area contributed by atoms with Gasteiger partial charge < -0.3 is 10.3 Å². The number of imidazole rings is 1. The molecule has 0 aliphatic heterocycles. The van der Waals surface area contributed by atoms with E-state index < -0.39 is 0 Å². The number of nitrogens with one attached hydrogen (secondary N) is 2. The number of hydrogen-bond acceptors (Lipinski definition) is 3. The van der Waals surface area contributed by atoms with E-state index in [4.69, 9.17) is 0 Å². The largest absolute Gasteiger partial charge is 0.347 e. The minimum absolute atomic E-state index is 0.162. The zero-order valence-electron chi connectivity index (χ0n) is 12.2. The highest BCUT2D eigenvalue weighted by molar-refractivity contribution is 5.31. The highest BCUT2D eigenvalue weighted by Gasteiger charge is 2.14. The number of nitrogens with zero attached hydrogens (tertiary/aromatic N) is 3. The van der Waals surface area contributed by atoms with Crippen LogP contribution in [0.25, 0.3) is 5.69 Å². The number of aromatic nitrogens is 4. The van der Waals surface area contributed by atoms with E-state index in [1.165, 1.54) is 0 Å². The standard InChI is InChI=1S/C16H19N5/c1-12(20-13(2)16-17-8-9-18-16)14-10-19-21(11-14)15-6-4-3-5-7-15/h3-13,20H,1-2H3,(H,17,18). The fraction of sp³-hybridized carbons (Fsp3) is 0.250. The number of benzene rings is 1. The van der Waals surface area contributed by atoms with Crippen molar-refractivity contribution in [2.75, 3.05) is 0 Å². The third kappa shape index (κ3) is 3.03. The number of rotatable bonds is 5. The van der Waals surface area contributed by atoms with E-state index in [2.05, 4.69) is 40.4 Å². The summed E-state index contributed by atoms with van der Waals surface area (Å²) in [5.74, 6) is 0.942. The lowest BCUT2D eigenvalue weighted by Crippen LogP contribution is -2.23. The van der Waals surface area contributed by atoms with E-state index in [1.807, 2.05) is 47.4 Å². The lowest BCUT2D eigenvalue weighted by atomic mass is 10.1. The molecule has 0 saturated carbocycles. The summed E-state index contributed by atoms with van der Waals surface area (Å²) in [5.41, 5.74) is 2.22. The summed E-state index contributed by atoms with van der Waals surface area (Å²) in [5, 5.41) is 7.95. The van der Waals surface area contributed by atoms with Crippen LogP contribution in [0.5, 0.6) is 0 Å². The molecule has 0 spiro atoms. The molecule has 0 fully saturated rings. The molecule has 3 rings (SSSR count). The van der Waals surface area contributed by atoms with Crippen molar-refractivity contribution in [1.82, 2.24) is 25.1 Å². The van der Waals surface area contributed by atoms with Crippen molar-refractivity contribution in [1.29, 1.82) is 0 Å². The van der Waals surface area contributed by atoms with Gasteiger partial charge in [-0.05, 0) is 26.0 Å². The zero-order valence-corrected chi connectivity index (χ0v) is 12.2. The molecule has 0 aliphatic rings. The normalized spacial score (nSPS) is 14.0. The van der Waals surface area contributed by atoms with Crippen LogP contribution in [0.3, 0.4) is 0 Å². The van der Waals surface area contributed by atoms with E-state index in [0.717, 1.165) is 17.1 Å². The molecule has 21 heavy (non-hydrogen) atoms. The van der Waals surface area contributed by atoms with Crippen LogP contribution in [0.15, 0.2) is 55.1 Å². The molecular weight excluding hydrogens is 262 g/mol. The maximum absolute atomic E-state index is 4.43. The van der Waals surface area contributed by atoms with Gasteiger partial charge in [-0.3, -0.25) is 0 Å². The Morgan fingerprint density at radius 2 is 1.95 bits per heavy atom. The number of H-pyrrole nitrogens is 1. The third-order valence-electron chi connectivity index (χ3n) is 3.55. The minimum Gasteiger partial charge on any atom is -0.347 e. The van der Waals surface area contributed by atoms with Crippen LogP contribution < -0.4 is 5.32 Å². The molecule has 0 amide bonds. The van der Waals surface area contributed by atoms with Gasteiger partial charge in [-0.2, -0.15) is 5.10 Å². The van der Waals surface area contributed by atoms with Crippen molar-refractivity contribution in [2.45, 2.75) is 25.9 Å². The van der Waals surface area contributed by atoms with Gasteiger partial charge >= 0.3 is 0 Å². The quantitative estimate of drug-likeness (QED) is 0.756. The molecule has 108 valence electrons. The third-order valence-corrected chi connectivity index (χ3v) is 3.55. The first-order chi connectivity index (χ1) is 10.2. The molecule has 0 aliphatic carbocycles. The van der Waals surface area contributed by atoms with Crippen molar-refractivity contribution in [3.63, 3.8) is 0 Å². The van der Waals surface area contributed by atoms with E-state index in [9.17, 15) is 0 Å². The Morgan fingerprint density at radius 3 is 2.67 bits per heavy atom. The summed E-state index contributed by atoms with van der Waals surface area (Å²) in [4.78, 5) is 7.41. The van der Waals surface area contributed by atoms with Gasteiger partial charge in [0.1, 0.15) is 5.82 Å². The molecule has 2 N–H and O–H groups in total. The lowest BCUT2D eigenvalue weighted by molar-refractivity contribution is 0.479. The van der Waals surface area contributed by atoms with Crippen LogP contribution in [0.1, 0.15) is 37.3 Å². The Kier molecular flexibility index (Phi) is 3.83. The monoisotopic (exact) mass is 281 g/mol. The molecule has 0 radical (unpaired) electrons. The molecule has 2 atom stereocenters. The van der Waals surface area contributed by atoms with E-state index in [-0.39, 0.29) is 12.1 Å². The van der Waals surface area contributed by atoms with Gasteiger partial charge in [0, 0.05) is 30.2 Å². The molecular formula is C16H19N5. The molecule has 2 unspecified atom stereocenters. The predicted octanol–water partition coefficient (Wildman–Crippen LogP) is 3.01. The summed E-state index contributed by atoms with van der Waals surface area (Å²) >= 11 is 0. The van der Waals surface area contributed by atoms with Crippen LogP contribution in [0.2, 0.25) is 0 Å². The summed E-state index contributed by atoms with van der Waals surface area (Å²) < 4.78 is 1.89. The first-order valence-corrected chi connectivity index (χ1v) is 7.09. The number of para-hydroxylation sites is 1. The zero-order chi connectivity index (χ0) is 14.7. The van der Waals surface area contributed by atoms with Crippen molar-refractivity contribution < 1.29 is 0 Å². The summed E-state index contributed by atoms with van der Waals surface area (Å²) in [6.45, 7) is 4.22. The maximum atomic E-state index is 4.43. The first-order valence-electron chi connectivity index (χ1n) is 7.09. The van der Waals surface area contributed by atoms with E-state index in [1.54, 1.807) is 6.20 Å². The molecule has 2 aromatic heterocycles. The van der Waals surface area contributed by atoms with Crippen molar-refractivity contribution in [2.24, 2.45) is 0 Å². The van der Waals surface area contributed by atoms with Gasteiger partial charge in [0.2, 0.25) is 0 Å². The molecule has 0 bridgehead atoms. The Bertz CT molecular complexity index is 672. The Balaban J connectivity index is 1.71. The molecule has 2 heterocycles. The van der Waals surface area contributed by atoms with Gasteiger partial charge in [-0.15, -0.1) is 0 Å². The molecule has 3 aromatic rings. The Labute approximate surface area is 124 Å². The van der Waals surface area contributed by atoms with Gasteiger partial charge in [0.05, 0.1) is 17.9 Å². The highest BCUT2D eigenvalue weighted by Crippen LogP contribution is 2.18. The first kappa shape index (κ1) is 13.6. The summed E-state index contributed by atoms with van der Waals surface area (Å²) in [6.07, 6.45) is 7.57. The number of aromatic amines is 1. The summed E-state index contributed by atoms with van der Waals surface area (Å²) in [6, 6.07) is 10.5. The van der Waals surface area contributed by atoms with E-state index >= 15 is 0 Å². The molecule has 5 nitrogen and oxygen atoms in total. The predicted molar refractivity (Wildman–Crippen MR) is 82.1 cm³/mol. The van der Waals surface area contributed by atoms with Crippen molar-refractivity contribution in [3.05, 3.63) is 66.5 Å². The van der Waals surface area contributed by atoms with Crippen LogP contribution in [0.4, 0.5) is 0 Å². The van der Waals surface area contributed by atoms with Crippen LogP contribution in [-0.2, 0) is 0 Å². The van der Waals surface area contributed by atoms with Crippen molar-refractivity contribution in [3.8, 4) is 5.69 Å². The second kappa shape index (κ2) is 5.93. The van der Waals surface area contributed by atoms with Crippen LogP contribution in [0, 0.1) is 0 Å². The molecule has 0 saturated heterocycles. The van der Waals surface area contributed by atoms with Crippen LogP contribution >= 0.6 is 0 Å². The van der Waals surface area contributed by atoms with E-state index in [0.29, 0.717) is 0 Å². The van der Waals surface area contributed by atoms with Gasteiger partial charge in [-0.1, -0.05) is 18.2 Å². The Hall–Kier alpha value is -2.40. The average molecular weight is 281 g/mol. The minimum atomic E-state index is 0.162. The highest BCUT2D eigenvalue weighted by atomic mass is 15.3. The van der Waals surface area contributed by atoms with Gasteiger partial charge in [0.15, 0.2) is 0 Å². The second-order valence-electron chi connectivity index (χ2n) is 5.14. The smallest absolute Gasteiger partial charge is 0.122 e. The van der Waals surface area contributed by atoms with Gasteiger partial charge in [-0.25, -0.2) is 9.67 Å². The topological polar surface area (TPSA) is 58.5 Å². The average Bonchev–Trinajstić information content (AvgIpc) is 3.20. The fourth-order valence-corrected chi connectivity index (χ4v) is 2.35. The summed E-state index contributed by atoms with van der Waals surface area (Å²) in [7, 11) is 0. The second-order valence-corrected chi connectivity index (χ2v) is 5.14. The molecule has 5 heteroatoms. The Morgan fingerprint density at radius 1 is 1.14 bits per heavy atom. The lowest BCUT2D eigenvalue weighted by Gasteiger charge is -2.17.